The van der Waals surface area contributed by atoms with E-state index in [-0.39, 0.29) is 0 Å². The molecule has 1 aliphatic heterocycles. The molecule has 1 aliphatic carbocycles. The lowest BCUT2D eigenvalue weighted by Crippen LogP contribution is -2.28. The Bertz CT molecular complexity index is 1130. The topological polar surface area (TPSA) is 26.7 Å². The molecule has 1 atom stereocenters. The molecule has 0 saturated carbocycles. The monoisotopic (exact) mass is 466 g/mol. The first kappa shape index (κ1) is 23.7. The maximum absolute atomic E-state index is 10.8. The molecule has 3 aromatic carbocycles. The number of aromatic hydroxyl groups is 1. The lowest BCUT2D eigenvalue weighted by Gasteiger charge is -2.31. The van der Waals surface area contributed by atoms with Gasteiger partial charge >= 0.3 is 0 Å². The zero-order valence-corrected chi connectivity index (χ0v) is 20.8. The molecule has 3 aromatic rings. The molecule has 1 N–H and O–H groups in total. The van der Waals surface area contributed by atoms with E-state index in [1.54, 1.807) is 0 Å². The number of nitrogens with zero attached hydrogens (tertiary/aromatic N) is 2. The number of benzene rings is 3. The Labute approximate surface area is 210 Å². The van der Waals surface area contributed by atoms with Gasteiger partial charge in [0.25, 0.3) is 0 Å². The molecule has 3 nitrogen and oxygen atoms in total. The molecule has 0 spiro atoms. The predicted octanol–water partition coefficient (Wildman–Crippen LogP) is 6.70. The summed E-state index contributed by atoms with van der Waals surface area (Å²) in [5, 5.41) is 10.8. The highest BCUT2D eigenvalue weighted by Crippen LogP contribution is 2.33. The number of rotatable bonds is 8. The van der Waals surface area contributed by atoms with Gasteiger partial charge in [-0.3, -0.25) is 4.90 Å². The molecule has 0 radical (unpaired) electrons. The van der Waals surface area contributed by atoms with E-state index in [0.717, 1.165) is 52.0 Å². The van der Waals surface area contributed by atoms with Crippen LogP contribution >= 0.6 is 0 Å². The molecular weight excluding hydrogens is 428 g/mol. The summed E-state index contributed by atoms with van der Waals surface area (Å²) in [6.07, 6.45) is 6.87. The fourth-order valence-corrected chi connectivity index (χ4v) is 5.81. The van der Waals surface area contributed by atoms with Crippen molar-refractivity contribution in [2.24, 2.45) is 5.92 Å². The van der Waals surface area contributed by atoms with E-state index in [0.29, 0.717) is 11.7 Å². The van der Waals surface area contributed by atoms with Crippen molar-refractivity contribution in [3.63, 3.8) is 0 Å². The average Bonchev–Trinajstić information content (AvgIpc) is 3.20. The molecule has 1 unspecified atom stereocenters. The van der Waals surface area contributed by atoms with Crippen molar-refractivity contribution in [1.29, 1.82) is 0 Å². The lowest BCUT2D eigenvalue weighted by molar-refractivity contribution is 0.273. The van der Waals surface area contributed by atoms with Gasteiger partial charge in [-0.05, 0) is 72.5 Å². The molecular formula is C32H38N2O. The Morgan fingerprint density at radius 1 is 0.857 bits per heavy atom. The fourth-order valence-electron chi connectivity index (χ4n) is 5.81. The van der Waals surface area contributed by atoms with Crippen molar-refractivity contribution in [2.45, 2.75) is 58.2 Å². The Morgan fingerprint density at radius 2 is 1.54 bits per heavy atom. The Hall–Kier alpha value is -3.04. The zero-order chi connectivity index (χ0) is 24.0. The van der Waals surface area contributed by atoms with E-state index in [4.69, 9.17) is 0 Å². The van der Waals surface area contributed by atoms with Gasteiger partial charge in [-0.1, -0.05) is 79.7 Å². The SMILES string of the molecule is C=C(C1CCN(Cc2ccccc2)C1)N(Cc1ccccc1)Cc1cc(O)c2c(c1)CCCCC2. The molecule has 1 fully saturated rings. The molecule has 0 amide bonds. The third-order valence-corrected chi connectivity index (χ3v) is 7.74. The minimum absolute atomic E-state index is 0.455. The van der Waals surface area contributed by atoms with Crippen molar-refractivity contribution < 1.29 is 5.11 Å². The summed E-state index contributed by atoms with van der Waals surface area (Å²) in [6, 6.07) is 25.8. The van der Waals surface area contributed by atoms with E-state index in [1.807, 2.05) is 6.07 Å². The molecule has 182 valence electrons. The van der Waals surface area contributed by atoms with Crippen molar-refractivity contribution in [2.75, 3.05) is 13.1 Å². The number of aryl methyl sites for hydroxylation is 1. The highest BCUT2D eigenvalue weighted by Gasteiger charge is 2.28. The summed E-state index contributed by atoms with van der Waals surface area (Å²) in [5.41, 5.74) is 7.61. The maximum atomic E-state index is 10.8. The third kappa shape index (κ3) is 5.97. The summed E-state index contributed by atoms with van der Waals surface area (Å²) >= 11 is 0. The third-order valence-electron chi connectivity index (χ3n) is 7.74. The fraction of sp³-hybridized carbons (Fsp3) is 0.375. The highest BCUT2D eigenvalue weighted by molar-refractivity contribution is 5.44. The molecule has 3 heteroatoms. The second-order valence-electron chi connectivity index (χ2n) is 10.4. The molecule has 1 saturated heterocycles. The minimum Gasteiger partial charge on any atom is -0.508 e. The van der Waals surface area contributed by atoms with Crippen LogP contribution in [0, 0.1) is 5.92 Å². The molecule has 2 aliphatic rings. The van der Waals surface area contributed by atoms with E-state index in [1.165, 1.54) is 52.8 Å². The van der Waals surface area contributed by atoms with Gasteiger partial charge in [0.1, 0.15) is 5.75 Å². The van der Waals surface area contributed by atoms with Crippen LogP contribution in [-0.4, -0.2) is 28.0 Å². The Morgan fingerprint density at radius 3 is 2.31 bits per heavy atom. The summed E-state index contributed by atoms with van der Waals surface area (Å²) < 4.78 is 0. The largest absolute Gasteiger partial charge is 0.508 e. The Balaban J connectivity index is 1.33. The molecule has 1 heterocycles. The van der Waals surface area contributed by atoms with Gasteiger partial charge in [0, 0.05) is 37.8 Å². The van der Waals surface area contributed by atoms with Crippen LogP contribution < -0.4 is 0 Å². The van der Waals surface area contributed by atoms with Crippen LogP contribution in [-0.2, 0) is 32.5 Å². The van der Waals surface area contributed by atoms with Gasteiger partial charge < -0.3 is 10.0 Å². The second-order valence-corrected chi connectivity index (χ2v) is 10.4. The molecule has 35 heavy (non-hydrogen) atoms. The van der Waals surface area contributed by atoms with Crippen LogP contribution in [0.3, 0.4) is 0 Å². The number of phenolic OH excluding ortho intramolecular Hbond substituents is 1. The van der Waals surface area contributed by atoms with Crippen molar-refractivity contribution in [1.82, 2.24) is 9.80 Å². The van der Waals surface area contributed by atoms with Crippen molar-refractivity contribution >= 4 is 0 Å². The minimum atomic E-state index is 0.455. The summed E-state index contributed by atoms with van der Waals surface area (Å²) in [4.78, 5) is 5.00. The molecule has 0 bridgehead atoms. The second kappa shape index (κ2) is 11.1. The first-order valence-electron chi connectivity index (χ1n) is 13.2. The van der Waals surface area contributed by atoms with Crippen LogP contribution in [0.15, 0.2) is 85.1 Å². The summed E-state index contributed by atoms with van der Waals surface area (Å²) in [5.74, 6) is 0.941. The first-order chi connectivity index (χ1) is 17.2. The van der Waals surface area contributed by atoms with E-state index >= 15 is 0 Å². The number of likely N-dealkylation sites (tertiary alicyclic amines) is 1. The van der Waals surface area contributed by atoms with Crippen molar-refractivity contribution in [3.05, 3.63) is 113 Å². The highest BCUT2D eigenvalue weighted by atomic mass is 16.3. The maximum Gasteiger partial charge on any atom is 0.119 e. The number of hydrogen-bond donors (Lipinski definition) is 1. The van der Waals surface area contributed by atoms with Crippen molar-refractivity contribution in [3.8, 4) is 5.75 Å². The van der Waals surface area contributed by atoms with Gasteiger partial charge in [-0.15, -0.1) is 0 Å². The van der Waals surface area contributed by atoms with Gasteiger partial charge in [-0.2, -0.15) is 0 Å². The summed E-state index contributed by atoms with van der Waals surface area (Å²) in [7, 11) is 0. The van der Waals surface area contributed by atoms with Crippen LogP contribution in [0.25, 0.3) is 0 Å². The average molecular weight is 467 g/mol. The van der Waals surface area contributed by atoms with Gasteiger partial charge in [0.2, 0.25) is 0 Å². The predicted molar refractivity (Wildman–Crippen MR) is 144 cm³/mol. The van der Waals surface area contributed by atoms with E-state index in [9.17, 15) is 5.11 Å². The van der Waals surface area contributed by atoms with Crippen LogP contribution in [0.1, 0.15) is 53.5 Å². The Kier molecular flexibility index (Phi) is 7.54. The van der Waals surface area contributed by atoms with Crippen LogP contribution in [0.4, 0.5) is 0 Å². The van der Waals surface area contributed by atoms with Crippen LogP contribution in [0.5, 0.6) is 5.75 Å². The standard InChI is InChI=1S/C32H38N2O/c1-25(30-17-18-33(24-30)21-26-11-5-2-6-12-26)34(22-27-13-7-3-8-14-27)23-28-19-29-15-9-4-10-16-31(29)32(35)20-28/h2-3,5-8,11-14,19-20,30,35H,1,4,9-10,15-18,21-24H2. The normalized spacial score (nSPS) is 18.1. The quantitative estimate of drug-likeness (QED) is 0.374. The van der Waals surface area contributed by atoms with Crippen LogP contribution in [0.2, 0.25) is 0 Å². The van der Waals surface area contributed by atoms with E-state index < -0.39 is 0 Å². The van der Waals surface area contributed by atoms with Gasteiger partial charge in [0.15, 0.2) is 0 Å². The van der Waals surface area contributed by atoms with Gasteiger partial charge in [0.05, 0.1) is 0 Å². The first-order valence-corrected chi connectivity index (χ1v) is 13.2. The smallest absolute Gasteiger partial charge is 0.119 e. The van der Waals surface area contributed by atoms with E-state index in [2.05, 4.69) is 83.1 Å². The molecule has 0 aromatic heterocycles. The molecule has 5 rings (SSSR count). The zero-order valence-electron chi connectivity index (χ0n) is 20.8. The summed E-state index contributed by atoms with van der Waals surface area (Å²) in [6.45, 7) is 9.41. The number of hydrogen-bond acceptors (Lipinski definition) is 3. The number of phenols is 1. The number of fused-ring (bicyclic) bond motifs is 1. The van der Waals surface area contributed by atoms with Gasteiger partial charge in [-0.25, -0.2) is 0 Å². The lowest BCUT2D eigenvalue weighted by atomic mass is 9.97.